The Bertz CT molecular complexity index is 985. The number of hydrogen-bond donors (Lipinski definition) is 2. The fourth-order valence-electron chi connectivity index (χ4n) is 2.42. The van der Waals surface area contributed by atoms with E-state index in [9.17, 15) is 14.7 Å². The van der Waals surface area contributed by atoms with Crippen LogP contribution >= 0.6 is 0 Å². The summed E-state index contributed by atoms with van der Waals surface area (Å²) < 4.78 is 6.78. The Hall–Kier alpha value is -2.67. The van der Waals surface area contributed by atoms with Crippen LogP contribution in [0.1, 0.15) is 20.8 Å². The minimum absolute atomic E-state index is 0.0101. The molecule has 0 aliphatic carbocycles. The van der Waals surface area contributed by atoms with E-state index in [1.54, 1.807) is 13.0 Å². The number of amides is 1. The van der Waals surface area contributed by atoms with Gasteiger partial charge in [-0.2, -0.15) is 0 Å². The van der Waals surface area contributed by atoms with Crippen LogP contribution in [0.25, 0.3) is 22.1 Å². The van der Waals surface area contributed by atoms with Gasteiger partial charge >= 0.3 is 0 Å². The first-order valence-electron chi connectivity index (χ1n) is 8.15. The van der Waals surface area contributed by atoms with Gasteiger partial charge in [-0.05, 0) is 25.0 Å². The average Bonchev–Trinajstić information content (AvgIpc) is 2.95. The van der Waals surface area contributed by atoms with Crippen LogP contribution in [0, 0.1) is 5.92 Å². The third-order valence-corrected chi connectivity index (χ3v) is 4.55. The van der Waals surface area contributed by atoms with Crippen LogP contribution < -0.4 is 10.9 Å². The van der Waals surface area contributed by atoms with E-state index in [1.807, 2.05) is 32.0 Å². The lowest BCUT2D eigenvalue weighted by Gasteiger charge is -2.27. The van der Waals surface area contributed by atoms with Crippen molar-refractivity contribution < 1.29 is 14.3 Å². The number of carbonyl (C=O) groups excluding carboxylic acids is 1. The molecule has 0 aliphatic rings. The molecule has 2 N–H and O–H groups in total. The smallest absolute Gasteiger partial charge is 0.297 e. The van der Waals surface area contributed by atoms with Gasteiger partial charge in [0, 0.05) is 11.9 Å². The molecule has 1 aromatic carbocycles. The van der Waals surface area contributed by atoms with E-state index in [4.69, 9.17) is 4.42 Å². The maximum atomic E-state index is 12.5. The van der Waals surface area contributed by atoms with Crippen molar-refractivity contribution in [3.05, 3.63) is 40.9 Å². The minimum Gasteiger partial charge on any atom is -0.448 e. The number of hydrogen-bond acceptors (Lipinski definition) is 5. The second-order valence-corrected chi connectivity index (χ2v) is 6.74. The minimum atomic E-state index is -1.01. The summed E-state index contributed by atoms with van der Waals surface area (Å²) in [5, 5.41) is 13.6. The molecule has 0 saturated heterocycles. The zero-order chi connectivity index (χ0) is 18.2. The fourth-order valence-corrected chi connectivity index (χ4v) is 2.42. The van der Waals surface area contributed by atoms with E-state index in [-0.39, 0.29) is 30.5 Å². The van der Waals surface area contributed by atoms with Crippen LogP contribution in [0.5, 0.6) is 0 Å². The summed E-state index contributed by atoms with van der Waals surface area (Å²) >= 11 is 0. The van der Waals surface area contributed by atoms with Crippen molar-refractivity contribution in [2.24, 2.45) is 5.92 Å². The molecule has 132 valence electrons. The van der Waals surface area contributed by atoms with Crippen LogP contribution in [-0.2, 0) is 11.3 Å². The molecule has 2 aromatic heterocycles. The summed E-state index contributed by atoms with van der Waals surface area (Å²) in [5.41, 5.74) is -0.225. The van der Waals surface area contributed by atoms with Gasteiger partial charge in [-0.15, -0.1) is 0 Å². The molecule has 1 amide bonds. The number of furan rings is 1. The molecule has 1 atom stereocenters. The summed E-state index contributed by atoms with van der Waals surface area (Å²) in [6.07, 6.45) is 1.34. The van der Waals surface area contributed by atoms with Crippen LogP contribution in [0.3, 0.4) is 0 Å². The third-order valence-electron chi connectivity index (χ3n) is 4.55. The Labute approximate surface area is 144 Å². The SMILES string of the molecule is CC(C)C(C)(O)CNC(=O)Cn1cnc2c(oc3ccccc32)c1=O. The molecular weight excluding hydrogens is 322 g/mol. The molecule has 7 nitrogen and oxygen atoms in total. The normalized spacial score (nSPS) is 14.1. The lowest BCUT2D eigenvalue weighted by Crippen LogP contribution is -2.45. The molecule has 3 rings (SSSR count). The molecule has 0 saturated carbocycles. The second-order valence-electron chi connectivity index (χ2n) is 6.74. The first-order valence-corrected chi connectivity index (χ1v) is 8.15. The van der Waals surface area contributed by atoms with Crippen molar-refractivity contribution in [3.8, 4) is 0 Å². The number of aromatic nitrogens is 2. The Balaban J connectivity index is 1.82. The number of aliphatic hydroxyl groups is 1. The molecule has 25 heavy (non-hydrogen) atoms. The maximum Gasteiger partial charge on any atom is 0.297 e. The lowest BCUT2D eigenvalue weighted by atomic mass is 9.92. The number of rotatable bonds is 5. The van der Waals surface area contributed by atoms with Crippen molar-refractivity contribution in [1.82, 2.24) is 14.9 Å². The zero-order valence-corrected chi connectivity index (χ0v) is 14.4. The average molecular weight is 343 g/mol. The van der Waals surface area contributed by atoms with Crippen molar-refractivity contribution in [2.45, 2.75) is 32.9 Å². The highest BCUT2D eigenvalue weighted by molar-refractivity contribution is 6.01. The Kier molecular flexibility index (Phi) is 4.34. The summed E-state index contributed by atoms with van der Waals surface area (Å²) in [4.78, 5) is 28.9. The summed E-state index contributed by atoms with van der Waals surface area (Å²) in [6.45, 7) is 5.32. The highest BCUT2D eigenvalue weighted by Gasteiger charge is 2.25. The number of nitrogens with one attached hydrogen (secondary N) is 1. The van der Waals surface area contributed by atoms with E-state index >= 15 is 0 Å². The highest BCUT2D eigenvalue weighted by atomic mass is 16.3. The number of carbonyl (C=O) groups is 1. The van der Waals surface area contributed by atoms with Gasteiger partial charge in [0.15, 0.2) is 0 Å². The molecule has 0 fully saturated rings. The molecule has 1 unspecified atom stereocenters. The molecule has 0 aliphatic heterocycles. The van der Waals surface area contributed by atoms with Gasteiger partial charge in [-0.3, -0.25) is 14.2 Å². The molecule has 0 spiro atoms. The second kappa shape index (κ2) is 6.33. The number of nitrogens with zero attached hydrogens (tertiary/aromatic N) is 2. The molecule has 0 bridgehead atoms. The van der Waals surface area contributed by atoms with Crippen LogP contribution in [0.4, 0.5) is 0 Å². The van der Waals surface area contributed by atoms with Crippen LogP contribution in [0.2, 0.25) is 0 Å². The fraction of sp³-hybridized carbons (Fsp3) is 0.389. The largest absolute Gasteiger partial charge is 0.448 e. The maximum absolute atomic E-state index is 12.5. The molecular formula is C18H21N3O4. The molecule has 2 heterocycles. The van der Waals surface area contributed by atoms with Crippen molar-refractivity contribution in [3.63, 3.8) is 0 Å². The number of fused-ring (bicyclic) bond motifs is 3. The third kappa shape index (κ3) is 3.28. The van der Waals surface area contributed by atoms with Crippen molar-refractivity contribution >= 4 is 28.0 Å². The Morgan fingerprint density at radius 3 is 2.84 bits per heavy atom. The van der Waals surface area contributed by atoms with Gasteiger partial charge in [0.1, 0.15) is 17.6 Å². The predicted molar refractivity (Wildman–Crippen MR) is 94.2 cm³/mol. The summed E-state index contributed by atoms with van der Waals surface area (Å²) in [6, 6.07) is 7.26. The van der Waals surface area contributed by atoms with Gasteiger partial charge in [0.05, 0.1) is 11.9 Å². The number of benzene rings is 1. The van der Waals surface area contributed by atoms with Gasteiger partial charge in [-0.25, -0.2) is 4.98 Å². The van der Waals surface area contributed by atoms with Gasteiger partial charge in [0.2, 0.25) is 11.5 Å². The predicted octanol–water partition coefficient (Wildman–Crippen LogP) is 1.67. The van der Waals surface area contributed by atoms with E-state index < -0.39 is 11.2 Å². The first-order chi connectivity index (χ1) is 11.8. The van der Waals surface area contributed by atoms with Gasteiger partial charge in [0.25, 0.3) is 5.56 Å². The van der Waals surface area contributed by atoms with E-state index in [1.165, 1.54) is 10.9 Å². The van der Waals surface area contributed by atoms with E-state index in [0.29, 0.717) is 11.1 Å². The van der Waals surface area contributed by atoms with Crippen molar-refractivity contribution in [1.29, 1.82) is 0 Å². The Morgan fingerprint density at radius 2 is 2.12 bits per heavy atom. The summed E-state index contributed by atoms with van der Waals surface area (Å²) in [7, 11) is 0. The molecule has 0 radical (unpaired) electrons. The lowest BCUT2D eigenvalue weighted by molar-refractivity contribution is -0.123. The van der Waals surface area contributed by atoms with Crippen LogP contribution in [-0.4, -0.2) is 32.7 Å². The topological polar surface area (TPSA) is 97.4 Å². The van der Waals surface area contributed by atoms with E-state index in [0.717, 1.165) is 5.39 Å². The Morgan fingerprint density at radius 1 is 1.40 bits per heavy atom. The molecule has 3 aromatic rings. The number of para-hydroxylation sites is 1. The van der Waals surface area contributed by atoms with Crippen molar-refractivity contribution in [2.75, 3.05) is 6.54 Å². The highest BCUT2D eigenvalue weighted by Crippen LogP contribution is 2.24. The zero-order valence-electron chi connectivity index (χ0n) is 14.4. The monoisotopic (exact) mass is 343 g/mol. The van der Waals surface area contributed by atoms with Gasteiger partial charge < -0.3 is 14.8 Å². The summed E-state index contributed by atoms with van der Waals surface area (Å²) in [5.74, 6) is -0.385. The first kappa shape index (κ1) is 17.2. The quantitative estimate of drug-likeness (QED) is 0.734. The van der Waals surface area contributed by atoms with E-state index in [2.05, 4.69) is 10.3 Å². The van der Waals surface area contributed by atoms with Crippen LogP contribution in [0.15, 0.2) is 39.8 Å². The van der Waals surface area contributed by atoms with Gasteiger partial charge in [-0.1, -0.05) is 26.0 Å². The standard InChI is InChI=1S/C18H21N3O4/c1-11(2)18(3,24)9-19-14(22)8-21-10-20-15-12-6-4-5-7-13(12)25-16(15)17(21)23/h4-7,10-11,24H,8-9H2,1-3H3,(H,19,22). The molecule has 7 heteroatoms.